The normalized spacial score (nSPS) is 22.9. The molecule has 1 unspecified atom stereocenters. The van der Waals surface area contributed by atoms with E-state index in [1.165, 1.54) is 38.5 Å². The third kappa shape index (κ3) is 4.42. The summed E-state index contributed by atoms with van der Waals surface area (Å²) in [4.78, 5) is 0. The maximum atomic E-state index is 5.55. The smallest absolute Gasteiger partial charge is 0.146 e. The zero-order valence-electron chi connectivity index (χ0n) is 9.88. The SMILES string of the molecule is CC(C)(CCCC1CC=CCC1)O[SiH3]. The topological polar surface area (TPSA) is 9.23 Å². The first kappa shape index (κ1) is 12.0. The molecular weight excluding hydrogens is 188 g/mol. The van der Waals surface area contributed by atoms with Gasteiger partial charge in [-0.15, -0.1) is 0 Å². The molecule has 14 heavy (non-hydrogen) atoms. The molecule has 0 heterocycles. The third-order valence-electron chi connectivity index (χ3n) is 3.32. The lowest BCUT2D eigenvalue weighted by atomic mass is 9.88. The van der Waals surface area contributed by atoms with Crippen molar-refractivity contribution in [1.82, 2.24) is 0 Å². The van der Waals surface area contributed by atoms with Gasteiger partial charge in [-0.25, -0.2) is 0 Å². The van der Waals surface area contributed by atoms with Gasteiger partial charge in [0, 0.05) is 5.60 Å². The van der Waals surface area contributed by atoms with Crippen LogP contribution >= 0.6 is 0 Å². The molecule has 0 saturated carbocycles. The Morgan fingerprint density at radius 1 is 1.43 bits per heavy atom. The average molecular weight is 212 g/mol. The first-order valence-electron chi connectivity index (χ1n) is 5.84. The van der Waals surface area contributed by atoms with Crippen LogP contribution in [0.25, 0.3) is 0 Å². The lowest BCUT2D eigenvalue weighted by Gasteiger charge is -2.25. The maximum absolute atomic E-state index is 5.55. The summed E-state index contributed by atoms with van der Waals surface area (Å²) in [5.41, 5.74) is 0.136. The van der Waals surface area contributed by atoms with Crippen molar-refractivity contribution >= 4 is 10.5 Å². The summed E-state index contributed by atoms with van der Waals surface area (Å²) < 4.78 is 5.55. The van der Waals surface area contributed by atoms with Crippen LogP contribution in [0.4, 0.5) is 0 Å². The van der Waals surface area contributed by atoms with Gasteiger partial charge in [0.15, 0.2) is 0 Å². The summed E-state index contributed by atoms with van der Waals surface area (Å²) >= 11 is 0. The minimum Gasteiger partial charge on any atom is -0.423 e. The zero-order valence-corrected chi connectivity index (χ0v) is 11.9. The number of hydrogen-bond acceptors (Lipinski definition) is 1. The van der Waals surface area contributed by atoms with E-state index in [-0.39, 0.29) is 5.60 Å². The van der Waals surface area contributed by atoms with Crippen LogP contribution in [0, 0.1) is 5.92 Å². The van der Waals surface area contributed by atoms with Gasteiger partial charge >= 0.3 is 0 Å². The van der Waals surface area contributed by atoms with E-state index in [2.05, 4.69) is 26.0 Å². The molecule has 0 aromatic heterocycles. The van der Waals surface area contributed by atoms with E-state index >= 15 is 0 Å². The van der Waals surface area contributed by atoms with Gasteiger partial charge in [0.1, 0.15) is 10.5 Å². The number of hydrogen-bond donors (Lipinski definition) is 0. The summed E-state index contributed by atoms with van der Waals surface area (Å²) in [7, 11) is 0.863. The highest BCUT2D eigenvalue weighted by Gasteiger charge is 2.16. The van der Waals surface area contributed by atoms with Crippen molar-refractivity contribution in [1.29, 1.82) is 0 Å². The van der Waals surface area contributed by atoms with Crippen molar-refractivity contribution in [3.63, 3.8) is 0 Å². The molecule has 0 bridgehead atoms. The standard InChI is InChI=1S/C12H24OSi/c1-12(2,13-14)10-6-9-11-7-4-3-5-8-11/h3-4,11H,5-10H2,1-2,14H3. The molecule has 1 atom stereocenters. The Balaban J connectivity index is 2.11. The van der Waals surface area contributed by atoms with Gasteiger partial charge in [0.05, 0.1) is 0 Å². The van der Waals surface area contributed by atoms with Gasteiger partial charge in [0.25, 0.3) is 0 Å². The average Bonchev–Trinajstić information content (AvgIpc) is 2.19. The van der Waals surface area contributed by atoms with Gasteiger partial charge in [-0.1, -0.05) is 25.0 Å². The molecule has 0 fully saturated rings. The van der Waals surface area contributed by atoms with Gasteiger partial charge < -0.3 is 4.43 Å². The molecule has 0 aliphatic heterocycles. The first-order valence-corrected chi connectivity index (χ1v) is 6.66. The molecule has 1 rings (SSSR count). The van der Waals surface area contributed by atoms with Crippen LogP contribution in [0.3, 0.4) is 0 Å². The van der Waals surface area contributed by atoms with Crippen molar-refractivity contribution in [2.75, 3.05) is 0 Å². The third-order valence-corrected chi connectivity index (χ3v) is 4.43. The molecule has 1 nitrogen and oxygen atoms in total. The second-order valence-electron chi connectivity index (χ2n) is 5.01. The molecule has 0 saturated heterocycles. The van der Waals surface area contributed by atoms with Crippen molar-refractivity contribution in [3.8, 4) is 0 Å². The molecular formula is C12H24OSi. The van der Waals surface area contributed by atoms with E-state index in [9.17, 15) is 0 Å². The summed E-state index contributed by atoms with van der Waals surface area (Å²) in [5, 5.41) is 0. The molecule has 0 radical (unpaired) electrons. The minimum absolute atomic E-state index is 0.136. The Hall–Kier alpha value is -0.0831. The number of rotatable bonds is 5. The fraction of sp³-hybridized carbons (Fsp3) is 0.833. The molecule has 0 N–H and O–H groups in total. The van der Waals surface area contributed by atoms with E-state index in [0.29, 0.717) is 0 Å². The Bertz CT molecular complexity index is 187. The summed E-state index contributed by atoms with van der Waals surface area (Å²) in [5.74, 6) is 0.949. The molecule has 1 aliphatic rings. The van der Waals surface area contributed by atoms with E-state index in [0.717, 1.165) is 16.4 Å². The van der Waals surface area contributed by atoms with Crippen LogP contribution in [0.15, 0.2) is 12.2 Å². The van der Waals surface area contributed by atoms with E-state index in [1.807, 2.05) is 0 Å². The highest BCUT2D eigenvalue weighted by atomic mass is 28.2. The van der Waals surface area contributed by atoms with Crippen LogP contribution in [-0.4, -0.2) is 16.1 Å². The lowest BCUT2D eigenvalue weighted by Crippen LogP contribution is -2.23. The quantitative estimate of drug-likeness (QED) is 0.503. The van der Waals surface area contributed by atoms with E-state index in [1.54, 1.807) is 0 Å². The summed E-state index contributed by atoms with van der Waals surface area (Å²) in [6.45, 7) is 4.42. The second kappa shape index (κ2) is 5.71. The summed E-state index contributed by atoms with van der Waals surface area (Å²) in [6, 6.07) is 0. The van der Waals surface area contributed by atoms with Gasteiger partial charge in [-0.2, -0.15) is 0 Å². The summed E-state index contributed by atoms with van der Waals surface area (Å²) in [6.07, 6.45) is 12.6. The second-order valence-corrected chi connectivity index (χ2v) is 5.41. The Kier molecular flexibility index (Phi) is 4.89. The van der Waals surface area contributed by atoms with Gasteiger partial charge in [-0.3, -0.25) is 0 Å². The predicted octanol–water partition coefficient (Wildman–Crippen LogP) is 2.59. The highest BCUT2D eigenvalue weighted by Crippen LogP contribution is 2.25. The highest BCUT2D eigenvalue weighted by molar-refractivity contribution is 5.98. The first-order chi connectivity index (χ1) is 6.64. The largest absolute Gasteiger partial charge is 0.423 e. The minimum atomic E-state index is 0.136. The van der Waals surface area contributed by atoms with E-state index in [4.69, 9.17) is 4.43 Å². The fourth-order valence-corrected chi connectivity index (χ4v) is 2.24. The molecule has 2 heteroatoms. The van der Waals surface area contributed by atoms with Crippen LogP contribution in [-0.2, 0) is 4.43 Å². The van der Waals surface area contributed by atoms with Crippen molar-refractivity contribution in [2.24, 2.45) is 5.92 Å². The van der Waals surface area contributed by atoms with Crippen LogP contribution in [0.2, 0.25) is 0 Å². The number of allylic oxidation sites excluding steroid dienone is 2. The Morgan fingerprint density at radius 2 is 2.21 bits per heavy atom. The Morgan fingerprint density at radius 3 is 2.79 bits per heavy atom. The molecule has 0 amide bonds. The molecule has 0 spiro atoms. The van der Waals surface area contributed by atoms with Crippen molar-refractivity contribution in [3.05, 3.63) is 12.2 Å². The van der Waals surface area contributed by atoms with E-state index < -0.39 is 0 Å². The zero-order chi connectivity index (χ0) is 10.4. The van der Waals surface area contributed by atoms with Crippen LogP contribution in [0.1, 0.15) is 52.4 Å². The van der Waals surface area contributed by atoms with Gasteiger partial charge in [-0.05, 0) is 45.4 Å². The predicted molar refractivity (Wildman–Crippen MR) is 65.4 cm³/mol. The lowest BCUT2D eigenvalue weighted by molar-refractivity contribution is 0.107. The molecule has 0 aromatic rings. The maximum Gasteiger partial charge on any atom is 0.146 e. The Labute approximate surface area is 91.5 Å². The monoisotopic (exact) mass is 212 g/mol. The van der Waals surface area contributed by atoms with Crippen molar-refractivity contribution < 1.29 is 4.43 Å². The van der Waals surface area contributed by atoms with Crippen LogP contribution in [0.5, 0.6) is 0 Å². The fourth-order valence-electron chi connectivity index (χ4n) is 2.04. The molecule has 1 aliphatic carbocycles. The van der Waals surface area contributed by atoms with Crippen LogP contribution < -0.4 is 0 Å². The molecule has 82 valence electrons. The molecule has 0 aromatic carbocycles. The van der Waals surface area contributed by atoms with Gasteiger partial charge in [0.2, 0.25) is 0 Å². The van der Waals surface area contributed by atoms with Crippen molar-refractivity contribution in [2.45, 2.75) is 58.0 Å².